The second-order valence-electron chi connectivity index (χ2n) is 12.0. The van der Waals surface area contributed by atoms with Crippen LogP contribution in [0.2, 0.25) is 0 Å². The molecule has 46 heavy (non-hydrogen) atoms. The van der Waals surface area contributed by atoms with Gasteiger partial charge in [0.15, 0.2) is 34.5 Å². The number of aromatic nitrogens is 1. The molecule has 3 aromatic heterocycles. The van der Waals surface area contributed by atoms with Crippen molar-refractivity contribution >= 4 is 38.2 Å². The van der Waals surface area contributed by atoms with Crippen LogP contribution in [0.1, 0.15) is 41.5 Å². The van der Waals surface area contributed by atoms with Crippen molar-refractivity contribution in [1.82, 2.24) is 4.40 Å². The summed E-state index contributed by atoms with van der Waals surface area (Å²) in [5.41, 5.74) is 2.72. The van der Waals surface area contributed by atoms with Crippen LogP contribution in [0.5, 0.6) is 34.5 Å². The Hall–Kier alpha value is -5.05. The van der Waals surface area contributed by atoms with Crippen molar-refractivity contribution in [2.24, 2.45) is 0 Å². The third kappa shape index (κ3) is 5.29. The van der Waals surface area contributed by atoms with Gasteiger partial charge in [-0.2, -0.15) is 0 Å². The van der Waals surface area contributed by atoms with E-state index in [2.05, 4.69) is 0 Å². The number of hydrogen-bond donors (Lipinski definition) is 0. The van der Waals surface area contributed by atoms with Crippen LogP contribution < -0.4 is 34.0 Å². The lowest BCUT2D eigenvalue weighted by Gasteiger charge is -2.17. The SMILES string of the molecule is COc1ccc(-c2c3c4cc(OC)c(OC(C)C)cc4oc(=O)c3n3ccc4cc(OC(C)C)c(OC)cc4c23)cc1OC(C)C. The Kier molecular flexibility index (Phi) is 8.10. The third-order valence-electron chi connectivity index (χ3n) is 7.67. The highest BCUT2D eigenvalue weighted by molar-refractivity contribution is 6.22. The number of methoxy groups -OCH3 is 3. The molecule has 9 heteroatoms. The summed E-state index contributed by atoms with van der Waals surface area (Å²) in [5.74, 6) is 3.43. The van der Waals surface area contributed by atoms with E-state index in [0.29, 0.717) is 56.4 Å². The maximum Gasteiger partial charge on any atom is 0.361 e. The van der Waals surface area contributed by atoms with E-state index in [4.69, 9.17) is 32.8 Å². The fourth-order valence-electron chi connectivity index (χ4n) is 5.98. The normalized spacial score (nSPS) is 11.8. The van der Waals surface area contributed by atoms with E-state index in [0.717, 1.165) is 27.4 Å². The van der Waals surface area contributed by atoms with Gasteiger partial charge in [0.1, 0.15) is 11.1 Å². The number of hydrogen-bond acceptors (Lipinski definition) is 8. The lowest BCUT2D eigenvalue weighted by atomic mass is 9.97. The average molecular weight is 626 g/mol. The zero-order valence-electron chi connectivity index (χ0n) is 27.6. The van der Waals surface area contributed by atoms with Crippen LogP contribution in [0.25, 0.3) is 49.3 Å². The zero-order valence-corrected chi connectivity index (χ0v) is 27.6. The first kappa shape index (κ1) is 31.0. The first-order valence-corrected chi connectivity index (χ1v) is 15.4. The number of fused-ring (bicyclic) bond motifs is 7. The summed E-state index contributed by atoms with van der Waals surface area (Å²) in [6.07, 6.45) is 1.64. The predicted molar refractivity (Wildman–Crippen MR) is 181 cm³/mol. The Morgan fingerprint density at radius 3 is 1.76 bits per heavy atom. The van der Waals surface area contributed by atoms with Gasteiger partial charge in [-0.3, -0.25) is 0 Å². The van der Waals surface area contributed by atoms with E-state index < -0.39 is 5.63 Å². The molecule has 3 heterocycles. The fourth-order valence-corrected chi connectivity index (χ4v) is 5.98. The lowest BCUT2D eigenvalue weighted by Crippen LogP contribution is -2.07. The van der Waals surface area contributed by atoms with E-state index in [1.165, 1.54) is 0 Å². The van der Waals surface area contributed by atoms with Crippen molar-refractivity contribution in [3.05, 3.63) is 65.1 Å². The quantitative estimate of drug-likeness (QED) is 0.140. The van der Waals surface area contributed by atoms with E-state index in [1.54, 1.807) is 27.4 Å². The zero-order chi connectivity index (χ0) is 32.9. The summed E-state index contributed by atoms with van der Waals surface area (Å²) in [5, 5.41) is 3.18. The van der Waals surface area contributed by atoms with Crippen LogP contribution in [-0.2, 0) is 0 Å². The molecule has 0 spiro atoms. The number of pyridine rings is 1. The van der Waals surface area contributed by atoms with Gasteiger partial charge in [0.2, 0.25) is 0 Å². The molecular formula is C37H39NO8. The highest BCUT2D eigenvalue weighted by Gasteiger charge is 2.25. The van der Waals surface area contributed by atoms with Gasteiger partial charge < -0.3 is 37.2 Å². The Morgan fingerprint density at radius 2 is 1.17 bits per heavy atom. The van der Waals surface area contributed by atoms with Gasteiger partial charge in [0.25, 0.3) is 0 Å². The maximum absolute atomic E-state index is 13.9. The minimum Gasteiger partial charge on any atom is -0.493 e. The van der Waals surface area contributed by atoms with Gasteiger partial charge in [0, 0.05) is 34.0 Å². The molecule has 3 aromatic carbocycles. The largest absolute Gasteiger partial charge is 0.493 e. The van der Waals surface area contributed by atoms with Gasteiger partial charge in [0.05, 0.1) is 45.2 Å². The summed E-state index contributed by atoms with van der Waals surface area (Å²) < 4.78 is 43.4. The lowest BCUT2D eigenvalue weighted by molar-refractivity contribution is 0.230. The molecule has 9 nitrogen and oxygen atoms in total. The predicted octanol–water partition coefficient (Wildman–Crippen LogP) is 8.41. The van der Waals surface area contributed by atoms with Crippen LogP contribution in [0.4, 0.5) is 0 Å². The Balaban J connectivity index is 1.83. The average Bonchev–Trinajstić information content (AvgIpc) is 3.36. The van der Waals surface area contributed by atoms with Crippen LogP contribution in [-0.4, -0.2) is 44.0 Å². The van der Waals surface area contributed by atoms with Crippen LogP contribution in [0, 0.1) is 0 Å². The number of nitrogens with zero attached hydrogens (tertiary/aromatic N) is 1. The standard InChI is InChI=1S/C37H39NO8/c1-19(2)43-30-15-23(10-11-26(30)40-7)33-34-25-17-29(42-9)32(45-21(5)6)18-27(25)46-37(39)36(34)38-13-12-22-14-31(44-20(3)4)28(41-8)16-24(22)35(33)38/h10-21H,1-9H3. The number of rotatable bonds is 10. The minimum absolute atomic E-state index is 0.0456. The summed E-state index contributed by atoms with van der Waals surface area (Å²) in [4.78, 5) is 13.9. The molecule has 0 amide bonds. The van der Waals surface area contributed by atoms with Gasteiger partial charge in [-0.15, -0.1) is 0 Å². The molecule has 240 valence electrons. The van der Waals surface area contributed by atoms with Crippen LogP contribution in [0.3, 0.4) is 0 Å². The van der Waals surface area contributed by atoms with Gasteiger partial charge in [-0.25, -0.2) is 4.79 Å². The first-order chi connectivity index (χ1) is 22.0. The van der Waals surface area contributed by atoms with Gasteiger partial charge >= 0.3 is 5.63 Å². The summed E-state index contributed by atoms with van der Waals surface area (Å²) >= 11 is 0. The smallest absolute Gasteiger partial charge is 0.361 e. The van der Waals surface area contributed by atoms with Crippen LogP contribution in [0.15, 0.2) is 63.9 Å². The molecule has 0 saturated carbocycles. The second kappa shape index (κ2) is 12.0. The molecule has 0 saturated heterocycles. The first-order valence-electron chi connectivity index (χ1n) is 15.4. The minimum atomic E-state index is -0.484. The Bertz CT molecular complexity index is 2160. The summed E-state index contributed by atoms with van der Waals surface area (Å²) in [7, 11) is 4.83. The van der Waals surface area contributed by atoms with E-state index in [-0.39, 0.29) is 18.3 Å². The Labute approximate surface area is 267 Å². The van der Waals surface area contributed by atoms with Crippen LogP contribution >= 0.6 is 0 Å². The van der Waals surface area contributed by atoms with Gasteiger partial charge in [-0.1, -0.05) is 6.07 Å². The summed E-state index contributed by atoms with van der Waals surface area (Å²) in [6.45, 7) is 11.7. The molecule has 0 radical (unpaired) electrons. The highest BCUT2D eigenvalue weighted by Crippen LogP contribution is 2.46. The molecule has 0 aliphatic heterocycles. The van der Waals surface area contributed by atoms with Crippen molar-refractivity contribution in [2.75, 3.05) is 21.3 Å². The molecule has 0 N–H and O–H groups in total. The van der Waals surface area contributed by atoms with Crippen molar-refractivity contribution in [2.45, 2.75) is 59.9 Å². The number of ether oxygens (including phenoxy) is 6. The highest BCUT2D eigenvalue weighted by atomic mass is 16.5. The summed E-state index contributed by atoms with van der Waals surface area (Å²) in [6, 6.07) is 15.3. The monoisotopic (exact) mass is 625 g/mol. The molecule has 0 unspecified atom stereocenters. The molecule has 0 atom stereocenters. The molecule has 0 fully saturated rings. The Morgan fingerprint density at radius 1 is 0.609 bits per heavy atom. The molecule has 0 bridgehead atoms. The molecule has 6 rings (SSSR count). The molecule has 0 aliphatic carbocycles. The molecule has 0 aliphatic rings. The third-order valence-corrected chi connectivity index (χ3v) is 7.67. The van der Waals surface area contributed by atoms with Crippen molar-refractivity contribution < 1.29 is 32.8 Å². The molecular weight excluding hydrogens is 586 g/mol. The fraction of sp³-hybridized carbons (Fsp3) is 0.324. The van der Waals surface area contributed by atoms with E-state index in [9.17, 15) is 4.79 Å². The second-order valence-corrected chi connectivity index (χ2v) is 12.0. The number of benzene rings is 3. The molecule has 6 aromatic rings. The van der Waals surface area contributed by atoms with Crippen molar-refractivity contribution in [3.63, 3.8) is 0 Å². The van der Waals surface area contributed by atoms with Crippen molar-refractivity contribution in [3.8, 4) is 45.6 Å². The van der Waals surface area contributed by atoms with Crippen molar-refractivity contribution in [1.29, 1.82) is 0 Å². The van der Waals surface area contributed by atoms with E-state index in [1.807, 2.05) is 94.6 Å². The van der Waals surface area contributed by atoms with E-state index >= 15 is 0 Å². The maximum atomic E-state index is 13.9. The van der Waals surface area contributed by atoms with Gasteiger partial charge in [-0.05, 0) is 88.9 Å². The topological polar surface area (TPSA) is 90.0 Å².